The Kier molecular flexibility index (Phi) is 6.08. The Balaban J connectivity index is 1.55. The average Bonchev–Trinajstić information content (AvgIpc) is 2.65. The number of aromatic nitrogens is 2. The number of hydrogen-bond acceptors (Lipinski definition) is 3. The van der Waals surface area contributed by atoms with Gasteiger partial charge in [-0.1, -0.05) is 29.8 Å². The van der Waals surface area contributed by atoms with Crippen molar-refractivity contribution in [2.75, 3.05) is 0 Å². The Labute approximate surface area is 157 Å². The number of rotatable bonds is 7. The van der Waals surface area contributed by atoms with E-state index in [1.54, 1.807) is 12.3 Å². The van der Waals surface area contributed by atoms with Crippen molar-refractivity contribution >= 4 is 11.6 Å². The highest BCUT2D eigenvalue weighted by molar-refractivity contribution is 6.30. The molecule has 0 aliphatic carbocycles. The van der Waals surface area contributed by atoms with E-state index in [2.05, 4.69) is 23.0 Å². The van der Waals surface area contributed by atoms with E-state index in [1.165, 1.54) is 11.8 Å². The largest absolute Gasteiger partial charge is 0.491 e. The fraction of sp³-hybridized carbons (Fsp3) is 0.238. The molecule has 0 aliphatic rings. The highest BCUT2D eigenvalue weighted by atomic mass is 35.5. The van der Waals surface area contributed by atoms with Crippen molar-refractivity contribution in [2.45, 2.75) is 32.3 Å². The van der Waals surface area contributed by atoms with E-state index < -0.39 is 0 Å². The number of benzene rings is 1. The van der Waals surface area contributed by atoms with Crippen molar-refractivity contribution in [2.24, 2.45) is 0 Å². The third kappa shape index (κ3) is 4.96. The van der Waals surface area contributed by atoms with Crippen LogP contribution in [0.25, 0.3) is 11.1 Å². The van der Waals surface area contributed by atoms with E-state index in [-0.39, 0.29) is 11.7 Å². The Bertz CT molecular complexity index is 892. The summed E-state index contributed by atoms with van der Waals surface area (Å²) in [5, 5.41) is 0.502. The monoisotopic (exact) mass is 368 g/mol. The summed E-state index contributed by atoms with van der Waals surface area (Å²) >= 11 is 5.96. The topological polar surface area (TPSA) is 55.0 Å². The maximum Gasteiger partial charge on any atom is 0.255 e. The van der Waals surface area contributed by atoms with Gasteiger partial charge in [0.05, 0.1) is 11.1 Å². The maximum absolute atomic E-state index is 11.9. The summed E-state index contributed by atoms with van der Waals surface area (Å²) in [5.41, 5.74) is 2.45. The van der Waals surface area contributed by atoms with Gasteiger partial charge in [0.2, 0.25) is 0 Å². The Morgan fingerprint density at radius 2 is 2.04 bits per heavy atom. The lowest BCUT2D eigenvalue weighted by molar-refractivity contribution is 0.208. The lowest BCUT2D eigenvalue weighted by Gasteiger charge is -2.15. The molecule has 3 aromatic rings. The summed E-state index contributed by atoms with van der Waals surface area (Å²) in [7, 11) is 0. The van der Waals surface area contributed by atoms with Crippen molar-refractivity contribution < 1.29 is 4.74 Å². The van der Waals surface area contributed by atoms with Gasteiger partial charge < -0.3 is 9.72 Å². The lowest BCUT2D eigenvalue weighted by Crippen LogP contribution is -2.12. The van der Waals surface area contributed by atoms with Gasteiger partial charge in [0, 0.05) is 24.2 Å². The van der Waals surface area contributed by atoms with Gasteiger partial charge in [-0.15, -0.1) is 0 Å². The highest BCUT2D eigenvalue weighted by Crippen LogP contribution is 2.22. The van der Waals surface area contributed by atoms with E-state index in [9.17, 15) is 4.79 Å². The van der Waals surface area contributed by atoms with Gasteiger partial charge in [-0.3, -0.25) is 9.78 Å². The molecule has 4 nitrogen and oxygen atoms in total. The van der Waals surface area contributed by atoms with Crippen molar-refractivity contribution in [3.8, 4) is 16.9 Å². The lowest BCUT2D eigenvalue weighted by atomic mass is 10.1. The van der Waals surface area contributed by atoms with Gasteiger partial charge in [0.25, 0.3) is 5.56 Å². The zero-order valence-electron chi connectivity index (χ0n) is 14.6. The van der Waals surface area contributed by atoms with Gasteiger partial charge >= 0.3 is 0 Å². The minimum Gasteiger partial charge on any atom is -0.491 e. The predicted octanol–water partition coefficient (Wildman–Crippen LogP) is 4.88. The summed E-state index contributed by atoms with van der Waals surface area (Å²) in [6, 6.07) is 13.2. The van der Waals surface area contributed by atoms with Crippen LogP contribution in [0, 0.1) is 0 Å². The molecule has 2 aromatic heterocycles. The van der Waals surface area contributed by atoms with Gasteiger partial charge in [0.15, 0.2) is 0 Å². The molecule has 1 aromatic carbocycles. The van der Waals surface area contributed by atoms with Crippen LogP contribution in [0.4, 0.5) is 0 Å². The molecule has 134 valence electrons. The van der Waals surface area contributed by atoms with Gasteiger partial charge in [-0.25, -0.2) is 0 Å². The number of nitrogens with one attached hydrogen (secondary N) is 1. The third-order valence-corrected chi connectivity index (χ3v) is 4.39. The Morgan fingerprint density at radius 3 is 2.77 bits per heavy atom. The van der Waals surface area contributed by atoms with Crippen molar-refractivity contribution in [3.05, 3.63) is 82.0 Å². The van der Waals surface area contributed by atoms with E-state index in [0.717, 1.165) is 30.6 Å². The van der Waals surface area contributed by atoms with Crippen LogP contribution in [-0.4, -0.2) is 16.1 Å². The average molecular weight is 369 g/mol. The number of nitrogens with zero attached hydrogens (tertiary/aromatic N) is 1. The molecule has 0 aliphatic heterocycles. The minimum absolute atomic E-state index is 0.118. The fourth-order valence-corrected chi connectivity index (χ4v) is 2.98. The maximum atomic E-state index is 11.9. The molecular weight excluding hydrogens is 348 g/mol. The summed E-state index contributed by atoms with van der Waals surface area (Å²) < 4.78 is 5.97. The second kappa shape index (κ2) is 8.68. The molecule has 0 radical (unpaired) electrons. The van der Waals surface area contributed by atoms with Crippen molar-refractivity contribution in [3.63, 3.8) is 0 Å². The molecule has 5 heteroatoms. The highest BCUT2D eigenvalue weighted by Gasteiger charge is 2.07. The summed E-state index contributed by atoms with van der Waals surface area (Å²) in [4.78, 5) is 18.7. The van der Waals surface area contributed by atoms with E-state index in [0.29, 0.717) is 10.6 Å². The van der Waals surface area contributed by atoms with Crippen LogP contribution in [0.15, 0.2) is 65.8 Å². The first-order chi connectivity index (χ1) is 12.6. The Morgan fingerprint density at radius 1 is 1.23 bits per heavy atom. The molecule has 0 bridgehead atoms. The first-order valence-electron chi connectivity index (χ1n) is 8.66. The molecule has 1 N–H and O–H groups in total. The van der Waals surface area contributed by atoms with Crippen LogP contribution in [0.5, 0.6) is 5.75 Å². The van der Waals surface area contributed by atoms with Crippen LogP contribution < -0.4 is 10.3 Å². The van der Waals surface area contributed by atoms with Gasteiger partial charge in [0.1, 0.15) is 5.75 Å². The van der Waals surface area contributed by atoms with E-state index in [1.807, 2.05) is 36.5 Å². The summed E-state index contributed by atoms with van der Waals surface area (Å²) in [5.74, 6) is 0.793. The van der Waals surface area contributed by atoms with E-state index >= 15 is 0 Å². The van der Waals surface area contributed by atoms with E-state index in [4.69, 9.17) is 16.3 Å². The van der Waals surface area contributed by atoms with Crippen molar-refractivity contribution in [1.82, 2.24) is 9.97 Å². The normalized spacial score (nSPS) is 11.9. The van der Waals surface area contributed by atoms with Gasteiger partial charge in [-0.2, -0.15) is 0 Å². The second-order valence-electron chi connectivity index (χ2n) is 6.27. The summed E-state index contributed by atoms with van der Waals surface area (Å²) in [6.45, 7) is 2.07. The first-order valence-corrected chi connectivity index (χ1v) is 9.04. The number of H-pyrrole nitrogens is 1. The van der Waals surface area contributed by atoms with Crippen LogP contribution in [0.2, 0.25) is 5.02 Å². The number of aromatic amines is 1. The van der Waals surface area contributed by atoms with Crippen molar-refractivity contribution in [1.29, 1.82) is 0 Å². The minimum atomic E-state index is -0.160. The molecule has 0 fully saturated rings. The molecule has 1 atom stereocenters. The zero-order valence-corrected chi connectivity index (χ0v) is 15.4. The molecule has 3 rings (SSSR count). The molecule has 0 unspecified atom stereocenters. The van der Waals surface area contributed by atoms with Crippen LogP contribution in [-0.2, 0) is 6.42 Å². The predicted molar refractivity (Wildman–Crippen MR) is 105 cm³/mol. The second-order valence-corrected chi connectivity index (χ2v) is 6.70. The molecule has 0 amide bonds. The molecule has 0 saturated heterocycles. The van der Waals surface area contributed by atoms with Crippen LogP contribution in [0.1, 0.15) is 25.3 Å². The van der Waals surface area contributed by atoms with Gasteiger partial charge in [-0.05, 0) is 61.6 Å². The zero-order chi connectivity index (χ0) is 18.4. The van der Waals surface area contributed by atoms with Crippen LogP contribution in [0.3, 0.4) is 0 Å². The molecule has 26 heavy (non-hydrogen) atoms. The Hall–Kier alpha value is -2.59. The fourth-order valence-electron chi connectivity index (χ4n) is 2.82. The molecule has 0 spiro atoms. The number of ether oxygens (including phenoxy) is 1. The SMILES string of the molecule is C[C@@H](CCCc1cccnc1)Oc1ccc(-c2cc(Cl)c[nH]c2=O)cc1. The van der Waals surface area contributed by atoms with Crippen LogP contribution >= 0.6 is 11.6 Å². The number of halogens is 1. The number of hydrogen-bond donors (Lipinski definition) is 1. The quantitative estimate of drug-likeness (QED) is 0.646. The smallest absolute Gasteiger partial charge is 0.255 e. The first kappa shape index (κ1) is 18.2. The molecule has 0 saturated carbocycles. The molecule has 2 heterocycles. The third-order valence-electron chi connectivity index (χ3n) is 4.17. The summed E-state index contributed by atoms with van der Waals surface area (Å²) in [6.07, 6.45) is 8.30. The number of aryl methyl sites for hydroxylation is 1. The number of pyridine rings is 2. The molecular formula is C21H21ClN2O2. The standard InChI is InChI=1S/C21H21ClN2O2/c1-15(4-2-5-16-6-3-11-23-13-16)26-19-9-7-17(8-10-19)20-12-18(22)14-24-21(20)25/h3,6-15H,2,4-5H2,1H3,(H,24,25)/t15-/m0/s1.